The van der Waals surface area contributed by atoms with E-state index in [-0.39, 0.29) is 5.75 Å². The van der Waals surface area contributed by atoms with Crippen molar-refractivity contribution in [2.75, 3.05) is 12.0 Å². The molecule has 0 saturated heterocycles. The molecule has 0 amide bonds. The van der Waals surface area contributed by atoms with Crippen LogP contribution in [0.1, 0.15) is 27.8 Å². The summed E-state index contributed by atoms with van der Waals surface area (Å²) in [6.07, 6.45) is 1.34. The fourth-order valence-corrected chi connectivity index (χ4v) is 4.54. The van der Waals surface area contributed by atoms with Crippen molar-refractivity contribution in [2.24, 2.45) is 0 Å². The minimum atomic E-state index is -0.766. The van der Waals surface area contributed by atoms with E-state index in [1.807, 2.05) is 24.3 Å². The Labute approximate surface area is 240 Å². The minimum absolute atomic E-state index is 0.201. The fourth-order valence-electron chi connectivity index (χ4n) is 4.54. The van der Waals surface area contributed by atoms with Gasteiger partial charge < -0.3 is 19.5 Å². The number of aryl methyl sites for hydroxylation is 2. The summed E-state index contributed by atoms with van der Waals surface area (Å²) >= 11 is 0. The van der Waals surface area contributed by atoms with Crippen LogP contribution in [0.5, 0.6) is 11.5 Å². The van der Waals surface area contributed by atoms with E-state index in [1.54, 1.807) is 24.3 Å². The maximum absolute atomic E-state index is 11.5. The Kier molecular flexibility index (Phi) is 8.16. The van der Waals surface area contributed by atoms with E-state index >= 15 is 0 Å². The number of nitrogens with zero attached hydrogens (tertiary/aromatic N) is 1. The number of anilines is 3. The van der Waals surface area contributed by atoms with Crippen molar-refractivity contribution < 1.29 is 19.4 Å². The van der Waals surface area contributed by atoms with Gasteiger partial charge in [0.15, 0.2) is 0 Å². The average molecular weight is 542 g/mol. The third kappa shape index (κ3) is 6.65. The van der Waals surface area contributed by atoms with Gasteiger partial charge >= 0.3 is 6.16 Å². The number of ether oxygens (including phenoxy) is 2. The molecule has 0 bridgehead atoms. The normalized spacial score (nSPS) is 11.1. The van der Waals surface area contributed by atoms with Crippen molar-refractivity contribution in [2.45, 2.75) is 13.8 Å². The van der Waals surface area contributed by atoms with Crippen LogP contribution in [0, 0.1) is 13.8 Å². The molecule has 41 heavy (non-hydrogen) atoms. The molecule has 0 atom stereocenters. The van der Waals surface area contributed by atoms with Crippen molar-refractivity contribution in [1.82, 2.24) is 0 Å². The second kappa shape index (κ2) is 12.3. The summed E-state index contributed by atoms with van der Waals surface area (Å²) in [4.78, 5) is 13.7. The third-order valence-corrected chi connectivity index (χ3v) is 6.76. The number of aromatic hydroxyl groups is 1. The first-order valence-corrected chi connectivity index (χ1v) is 13.3. The number of carbonyl (C=O) groups is 1. The first-order chi connectivity index (χ1) is 19.9. The maximum Gasteiger partial charge on any atom is 0.513 e. The third-order valence-electron chi connectivity index (χ3n) is 6.76. The molecule has 0 aliphatic rings. The first kappa shape index (κ1) is 27.3. The van der Waals surface area contributed by atoms with Crippen LogP contribution < -0.4 is 9.64 Å². The van der Waals surface area contributed by atoms with E-state index in [0.717, 1.165) is 39.3 Å². The first-order valence-electron chi connectivity index (χ1n) is 13.3. The van der Waals surface area contributed by atoms with Gasteiger partial charge in [-0.15, -0.1) is 0 Å². The maximum atomic E-state index is 11.5. The van der Waals surface area contributed by atoms with Crippen molar-refractivity contribution in [1.29, 1.82) is 0 Å². The summed E-state index contributed by atoms with van der Waals surface area (Å²) in [5.74, 6) is 0.592. The monoisotopic (exact) mass is 541 g/mol. The Morgan fingerprint density at radius 3 is 1.54 bits per heavy atom. The number of hydrogen-bond acceptors (Lipinski definition) is 5. The van der Waals surface area contributed by atoms with Gasteiger partial charge in [0.1, 0.15) is 11.5 Å². The van der Waals surface area contributed by atoms with Crippen LogP contribution in [0.15, 0.2) is 121 Å². The van der Waals surface area contributed by atoms with E-state index in [2.05, 4.69) is 102 Å². The van der Waals surface area contributed by atoms with Gasteiger partial charge in [-0.25, -0.2) is 4.79 Å². The highest BCUT2D eigenvalue weighted by Crippen LogP contribution is 2.36. The van der Waals surface area contributed by atoms with Gasteiger partial charge in [0.25, 0.3) is 0 Å². The number of rotatable bonds is 7. The Morgan fingerprint density at radius 1 is 0.634 bits per heavy atom. The van der Waals surface area contributed by atoms with Gasteiger partial charge in [0.2, 0.25) is 0 Å². The molecule has 5 nitrogen and oxygen atoms in total. The number of methoxy groups -OCH3 is 1. The molecule has 0 radical (unpaired) electrons. The fraction of sp³-hybridized carbons (Fsp3) is 0.0833. The lowest BCUT2D eigenvalue weighted by Crippen LogP contribution is -2.09. The number of hydrogen-bond donors (Lipinski definition) is 1. The molecular formula is C36H31NO4. The summed E-state index contributed by atoms with van der Waals surface area (Å²) in [6, 6.07) is 39.8. The lowest BCUT2D eigenvalue weighted by molar-refractivity contribution is 0.121. The molecule has 0 aromatic heterocycles. The molecule has 0 aliphatic heterocycles. The smallest absolute Gasteiger partial charge is 0.508 e. The quantitative estimate of drug-likeness (QED) is 0.126. The molecular weight excluding hydrogens is 510 g/mol. The van der Waals surface area contributed by atoms with Gasteiger partial charge in [0, 0.05) is 17.1 Å². The largest absolute Gasteiger partial charge is 0.513 e. The van der Waals surface area contributed by atoms with Crippen LogP contribution in [0.4, 0.5) is 21.9 Å². The topological polar surface area (TPSA) is 59.0 Å². The number of phenols is 1. The molecule has 0 spiro atoms. The Bertz CT molecular complexity index is 1590. The van der Waals surface area contributed by atoms with Gasteiger partial charge in [-0.3, -0.25) is 0 Å². The van der Waals surface area contributed by atoms with Gasteiger partial charge in [0.05, 0.1) is 7.11 Å². The average Bonchev–Trinajstić information content (AvgIpc) is 3.00. The molecule has 5 heteroatoms. The highest BCUT2D eigenvalue weighted by molar-refractivity contribution is 5.92. The molecule has 0 unspecified atom stereocenters. The van der Waals surface area contributed by atoms with Crippen molar-refractivity contribution in [3.05, 3.63) is 149 Å². The van der Waals surface area contributed by atoms with Crippen LogP contribution in [0.25, 0.3) is 11.6 Å². The second-order valence-electron chi connectivity index (χ2n) is 9.78. The predicted molar refractivity (Wildman–Crippen MR) is 165 cm³/mol. The van der Waals surface area contributed by atoms with Crippen LogP contribution >= 0.6 is 0 Å². The standard InChI is InChI=1S/C36H31NO4/c1-25-4-14-30(15-5-25)37(31-16-6-26(2)7-17-31)32-18-8-27(9-19-32)24-35(28-10-20-33(38)21-11-28)29-12-22-34(23-13-29)41-36(39)40-3/h4-24,38H,1-3H3. The van der Waals surface area contributed by atoms with Crippen molar-refractivity contribution >= 4 is 34.9 Å². The molecule has 5 aromatic carbocycles. The zero-order valence-electron chi connectivity index (χ0n) is 23.2. The summed E-state index contributed by atoms with van der Waals surface area (Å²) < 4.78 is 9.73. The molecule has 5 rings (SSSR count). The Morgan fingerprint density at radius 2 is 1.07 bits per heavy atom. The van der Waals surface area contributed by atoms with Crippen LogP contribution in [-0.4, -0.2) is 18.4 Å². The van der Waals surface area contributed by atoms with Gasteiger partial charge in [-0.2, -0.15) is 0 Å². The predicted octanol–water partition coefficient (Wildman–Crippen LogP) is 9.21. The summed E-state index contributed by atoms with van der Waals surface area (Å²) in [6.45, 7) is 4.18. The van der Waals surface area contributed by atoms with E-state index in [1.165, 1.54) is 18.2 Å². The van der Waals surface area contributed by atoms with Crippen LogP contribution in [0.2, 0.25) is 0 Å². The summed E-state index contributed by atoms with van der Waals surface area (Å²) in [7, 11) is 1.27. The van der Waals surface area contributed by atoms with Gasteiger partial charge in [-0.1, -0.05) is 71.8 Å². The van der Waals surface area contributed by atoms with Crippen molar-refractivity contribution in [3.8, 4) is 11.5 Å². The second-order valence-corrected chi connectivity index (χ2v) is 9.78. The molecule has 1 N–H and O–H groups in total. The zero-order chi connectivity index (χ0) is 28.8. The lowest BCUT2D eigenvalue weighted by atomic mass is 9.95. The van der Waals surface area contributed by atoms with E-state index in [0.29, 0.717) is 5.75 Å². The molecule has 0 saturated carbocycles. The Balaban J connectivity index is 1.52. The highest BCUT2D eigenvalue weighted by atomic mass is 16.7. The van der Waals surface area contributed by atoms with Crippen molar-refractivity contribution in [3.63, 3.8) is 0 Å². The number of benzene rings is 5. The summed E-state index contributed by atoms with van der Waals surface area (Å²) in [5, 5.41) is 9.86. The molecule has 0 heterocycles. The zero-order valence-corrected chi connectivity index (χ0v) is 23.2. The van der Waals surface area contributed by atoms with Crippen LogP contribution in [-0.2, 0) is 4.74 Å². The summed E-state index contributed by atoms with van der Waals surface area (Å²) in [5.41, 5.74) is 9.48. The van der Waals surface area contributed by atoms with Crippen LogP contribution in [0.3, 0.4) is 0 Å². The highest BCUT2D eigenvalue weighted by Gasteiger charge is 2.13. The number of phenolic OH excluding ortho intramolecular Hbond substituents is 1. The SMILES string of the molecule is COC(=O)Oc1ccc(C(=Cc2ccc(N(c3ccc(C)cc3)c3ccc(C)cc3)cc2)c2ccc(O)cc2)cc1. The molecule has 5 aromatic rings. The number of carbonyl (C=O) groups excluding carboxylic acids is 1. The van der Waals surface area contributed by atoms with E-state index < -0.39 is 6.16 Å². The minimum Gasteiger partial charge on any atom is -0.508 e. The molecule has 204 valence electrons. The van der Waals surface area contributed by atoms with E-state index in [9.17, 15) is 9.90 Å². The molecule has 0 fully saturated rings. The van der Waals surface area contributed by atoms with E-state index in [4.69, 9.17) is 4.74 Å². The van der Waals surface area contributed by atoms with Gasteiger partial charge in [-0.05, 0) is 103 Å². The Hall–Kier alpha value is -5.29. The molecule has 0 aliphatic carbocycles. The lowest BCUT2D eigenvalue weighted by Gasteiger charge is -2.26.